The Bertz CT molecular complexity index is 478. The first kappa shape index (κ1) is 15.3. The largest absolute Gasteiger partial charge is 0.415 e. The molecule has 0 spiro atoms. The summed E-state index contributed by atoms with van der Waals surface area (Å²) in [7, 11) is 1.57. The van der Waals surface area contributed by atoms with E-state index in [-0.39, 0.29) is 5.91 Å². The smallest absolute Gasteiger partial charge is 0.410 e. The molecule has 1 aliphatic heterocycles. The first-order valence-electron chi connectivity index (χ1n) is 7.02. The molecular formula is C15H20N2O4. The Hall–Kier alpha value is -2.08. The number of nitrogens with one attached hydrogen (secondary N) is 1. The molecule has 0 saturated carbocycles. The van der Waals surface area contributed by atoms with Crippen LogP contribution in [-0.2, 0) is 9.53 Å². The summed E-state index contributed by atoms with van der Waals surface area (Å²) in [4.78, 5) is 25.7. The second-order valence-corrected chi connectivity index (χ2v) is 4.82. The van der Waals surface area contributed by atoms with Crippen molar-refractivity contribution in [3.63, 3.8) is 0 Å². The number of ether oxygens (including phenoxy) is 2. The van der Waals surface area contributed by atoms with Crippen molar-refractivity contribution in [1.82, 2.24) is 10.2 Å². The molecule has 0 bridgehead atoms. The first-order valence-corrected chi connectivity index (χ1v) is 7.02. The van der Waals surface area contributed by atoms with Crippen LogP contribution in [-0.4, -0.2) is 49.7 Å². The number of likely N-dealkylation sites (tertiary alicyclic amines) is 1. The molecular weight excluding hydrogens is 272 g/mol. The number of para-hydroxylation sites is 1. The zero-order chi connectivity index (χ0) is 15.1. The van der Waals surface area contributed by atoms with E-state index in [4.69, 9.17) is 9.47 Å². The minimum Gasteiger partial charge on any atom is -0.410 e. The van der Waals surface area contributed by atoms with Crippen LogP contribution in [0.4, 0.5) is 4.79 Å². The fourth-order valence-corrected chi connectivity index (χ4v) is 2.30. The number of carbonyl (C=O) groups is 2. The molecule has 2 amide bonds. The van der Waals surface area contributed by atoms with Crippen LogP contribution in [0.25, 0.3) is 0 Å². The second kappa shape index (κ2) is 7.64. The van der Waals surface area contributed by atoms with E-state index in [0.717, 1.165) is 6.42 Å². The quantitative estimate of drug-likeness (QED) is 0.833. The lowest BCUT2D eigenvalue weighted by Gasteiger charge is -2.23. The Kier molecular flexibility index (Phi) is 5.57. The normalized spacial score (nSPS) is 17.6. The Morgan fingerprint density at radius 1 is 1.33 bits per heavy atom. The lowest BCUT2D eigenvalue weighted by molar-refractivity contribution is -0.125. The zero-order valence-corrected chi connectivity index (χ0v) is 12.1. The highest BCUT2D eigenvalue weighted by Gasteiger charge is 2.35. The summed E-state index contributed by atoms with van der Waals surface area (Å²) in [6.07, 6.45) is 0.972. The van der Waals surface area contributed by atoms with Crippen molar-refractivity contribution in [3.8, 4) is 5.75 Å². The lowest BCUT2D eigenvalue weighted by atomic mass is 10.2. The maximum Gasteiger partial charge on any atom is 0.415 e. The summed E-state index contributed by atoms with van der Waals surface area (Å²) in [6.45, 7) is 1.42. The molecule has 1 aromatic rings. The van der Waals surface area contributed by atoms with Gasteiger partial charge < -0.3 is 14.8 Å². The zero-order valence-electron chi connectivity index (χ0n) is 12.1. The maximum atomic E-state index is 12.2. The van der Waals surface area contributed by atoms with E-state index in [1.54, 1.807) is 31.4 Å². The van der Waals surface area contributed by atoms with Crippen LogP contribution in [0.3, 0.4) is 0 Å². The van der Waals surface area contributed by atoms with Gasteiger partial charge in [0.15, 0.2) is 0 Å². The number of rotatable bonds is 5. The average molecular weight is 292 g/mol. The van der Waals surface area contributed by atoms with Gasteiger partial charge >= 0.3 is 6.09 Å². The van der Waals surface area contributed by atoms with Gasteiger partial charge in [0.05, 0.1) is 6.61 Å². The van der Waals surface area contributed by atoms with E-state index in [9.17, 15) is 9.59 Å². The van der Waals surface area contributed by atoms with Gasteiger partial charge in [-0.2, -0.15) is 0 Å². The molecule has 2 rings (SSSR count). The van der Waals surface area contributed by atoms with Crippen molar-refractivity contribution >= 4 is 12.0 Å². The van der Waals surface area contributed by atoms with Crippen molar-refractivity contribution < 1.29 is 19.1 Å². The number of hydrogen-bond donors (Lipinski definition) is 1. The minimum absolute atomic E-state index is 0.158. The van der Waals surface area contributed by atoms with E-state index < -0.39 is 12.1 Å². The highest BCUT2D eigenvalue weighted by Crippen LogP contribution is 2.20. The summed E-state index contributed by atoms with van der Waals surface area (Å²) in [5.41, 5.74) is 0. The third kappa shape index (κ3) is 4.19. The standard InChI is InChI=1S/C15H20N2O4/c1-20-11-9-16-14(18)13-8-5-10-17(13)15(19)21-12-6-3-2-4-7-12/h2-4,6-7,13H,5,8-11H2,1H3,(H,16,18)/t13-/m1/s1. The minimum atomic E-state index is -0.481. The molecule has 0 aromatic heterocycles. The monoisotopic (exact) mass is 292 g/mol. The van der Waals surface area contributed by atoms with Gasteiger partial charge in [-0.25, -0.2) is 4.79 Å². The van der Waals surface area contributed by atoms with E-state index in [0.29, 0.717) is 31.9 Å². The Balaban J connectivity index is 1.91. The summed E-state index contributed by atoms with van der Waals surface area (Å²) >= 11 is 0. The molecule has 21 heavy (non-hydrogen) atoms. The Morgan fingerprint density at radius 2 is 2.10 bits per heavy atom. The number of hydrogen-bond acceptors (Lipinski definition) is 4. The highest BCUT2D eigenvalue weighted by molar-refractivity contribution is 5.86. The van der Waals surface area contributed by atoms with Crippen LogP contribution in [0.2, 0.25) is 0 Å². The molecule has 0 aliphatic carbocycles. The molecule has 0 radical (unpaired) electrons. The van der Waals surface area contributed by atoms with E-state index >= 15 is 0 Å². The van der Waals surface area contributed by atoms with E-state index in [2.05, 4.69) is 5.32 Å². The number of amides is 2. The first-order chi connectivity index (χ1) is 10.2. The van der Waals surface area contributed by atoms with Crippen molar-refractivity contribution in [2.45, 2.75) is 18.9 Å². The summed E-state index contributed by atoms with van der Waals surface area (Å²) < 4.78 is 10.2. The third-order valence-corrected chi connectivity index (χ3v) is 3.34. The van der Waals surface area contributed by atoms with Gasteiger partial charge in [-0.3, -0.25) is 9.69 Å². The molecule has 1 heterocycles. The highest BCUT2D eigenvalue weighted by atomic mass is 16.6. The van der Waals surface area contributed by atoms with Crippen LogP contribution in [0.1, 0.15) is 12.8 Å². The van der Waals surface area contributed by atoms with Gasteiger partial charge in [0.25, 0.3) is 0 Å². The van der Waals surface area contributed by atoms with Crippen LogP contribution in [0, 0.1) is 0 Å². The summed E-state index contributed by atoms with van der Waals surface area (Å²) in [5.74, 6) is 0.322. The van der Waals surface area contributed by atoms with Crippen molar-refractivity contribution in [2.75, 3.05) is 26.8 Å². The number of methoxy groups -OCH3 is 1. The Labute approximate surface area is 124 Å². The molecule has 0 unspecified atom stereocenters. The predicted octanol–water partition coefficient (Wildman–Crippen LogP) is 1.41. The number of nitrogens with zero attached hydrogens (tertiary/aromatic N) is 1. The topological polar surface area (TPSA) is 67.9 Å². The fourth-order valence-electron chi connectivity index (χ4n) is 2.30. The molecule has 1 aliphatic rings. The molecule has 1 N–H and O–H groups in total. The van der Waals surface area contributed by atoms with Crippen LogP contribution in [0.15, 0.2) is 30.3 Å². The van der Waals surface area contributed by atoms with Crippen molar-refractivity contribution in [3.05, 3.63) is 30.3 Å². The van der Waals surface area contributed by atoms with Crippen LogP contribution in [0.5, 0.6) is 5.75 Å². The molecule has 114 valence electrons. The maximum absolute atomic E-state index is 12.2. The average Bonchev–Trinajstić information content (AvgIpc) is 2.98. The van der Waals surface area contributed by atoms with Gasteiger partial charge in [-0.1, -0.05) is 18.2 Å². The molecule has 6 heteroatoms. The van der Waals surface area contributed by atoms with Crippen LogP contribution >= 0.6 is 0 Å². The van der Waals surface area contributed by atoms with E-state index in [1.165, 1.54) is 4.90 Å². The number of carbonyl (C=O) groups excluding carboxylic acids is 2. The van der Waals surface area contributed by atoms with Crippen LogP contribution < -0.4 is 10.1 Å². The second-order valence-electron chi connectivity index (χ2n) is 4.82. The fraction of sp³-hybridized carbons (Fsp3) is 0.467. The SMILES string of the molecule is COCCNC(=O)[C@H]1CCCN1C(=O)Oc1ccccc1. The Morgan fingerprint density at radius 3 is 2.81 bits per heavy atom. The van der Waals surface area contributed by atoms with Gasteiger partial charge in [0, 0.05) is 20.2 Å². The van der Waals surface area contributed by atoms with Gasteiger partial charge in [-0.05, 0) is 25.0 Å². The van der Waals surface area contributed by atoms with Crippen molar-refractivity contribution in [2.24, 2.45) is 0 Å². The van der Waals surface area contributed by atoms with Gasteiger partial charge in [-0.15, -0.1) is 0 Å². The van der Waals surface area contributed by atoms with Gasteiger partial charge in [0.2, 0.25) is 5.91 Å². The summed E-state index contributed by atoms with van der Waals surface area (Å²) in [5, 5.41) is 2.76. The van der Waals surface area contributed by atoms with Gasteiger partial charge in [0.1, 0.15) is 11.8 Å². The van der Waals surface area contributed by atoms with Crippen molar-refractivity contribution in [1.29, 1.82) is 0 Å². The number of benzene rings is 1. The molecule has 1 fully saturated rings. The lowest BCUT2D eigenvalue weighted by Crippen LogP contribution is -2.47. The third-order valence-electron chi connectivity index (χ3n) is 3.34. The molecule has 1 aromatic carbocycles. The molecule has 1 saturated heterocycles. The summed E-state index contributed by atoms with van der Waals surface area (Å²) in [6, 6.07) is 8.39. The molecule has 1 atom stereocenters. The predicted molar refractivity (Wildman–Crippen MR) is 77.1 cm³/mol. The molecule has 6 nitrogen and oxygen atoms in total. The van der Waals surface area contributed by atoms with E-state index in [1.807, 2.05) is 6.07 Å².